The summed E-state index contributed by atoms with van der Waals surface area (Å²) in [4.78, 5) is 13.3. The number of rotatable bonds is 7. The normalized spacial score (nSPS) is 12.2. The average Bonchev–Trinajstić information content (AvgIpc) is 2.54. The molecule has 0 bridgehead atoms. The van der Waals surface area contributed by atoms with Crippen LogP contribution in [0.15, 0.2) is 59.5 Å². The Balaban J connectivity index is 1.93. The second-order valence-corrected chi connectivity index (χ2v) is 7.39. The van der Waals surface area contributed by atoms with Crippen molar-refractivity contribution in [1.82, 2.24) is 5.32 Å². The van der Waals surface area contributed by atoms with E-state index >= 15 is 0 Å². The summed E-state index contributed by atoms with van der Waals surface area (Å²) in [6.07, 6.45) is 0.932. The number of hydrogen-bond donors (Lipinski definition) is 1. The Bertz CT molecular complexity index is 613. The standard InChI is InChI=1S/C19H22ClNOS/c1-14(2)12-18(15-6-4-3-5-7-15)21-19(22)13-23-17-10-8-16(20)9-11-17/h3-11,14,18H,12-13H2,1-2H3,(H,21,22)/t18-/m0/s1. The Hall–Kier alpha value is -1.45. The summed E-state index contributed by atoms with van der Waals surface area (Å²) in [6, 6.07) is 17.8. The molecule has 2 aromatic carbocycles. The van der Waals surface area contributed by atoms with Crippen molar-refractivity contribution in [3.63, 3.8) is 0 Å². The second-order valence-electron chi connectivity index (χ2n) is 5.90. The summed E-state index contributed by atoms with van der Waals surface area (Å²) < 4.78 is 0. The quantitative estimate of drug-likeness (QED) is 0.685. The topological polar surface area (TPSA) is 29.1 Å². The molecule has 2 rings (SSSR count). The molecule has 0 saturated carbocycles. The van der Waals surface area contributed by atoms with Gasteiger partial charge in [-0.3, -0.25) is 4.79 Å². The molecule has 0 unspecified atom stereocenters. The second kappa shape index (κ2) is 8.99. The Labute approximate surface area is 147 Å². The van der Waals surface area contributed by atoms with Gasteiger partial charge in [0.15, 0.2) is 0 Å². The van der Waals surface area contributed by atoms with Crippen molar-refractivity contribution in [2.75, 3.05) is 5.75 Å². The van der Waals surface area contributed by atoms with Crippen molar-refractivity contribution in [2.24, 2.45) is 5.92 Å². The van der Waals surface area contributed by atoms with Crippen LogP contribution in [0.2, 0.25) is 5.02 Å². The van der Waals surface area contributed by atoms with Gasteiger partial charge >= 0.3 is 0 Å². The minimum absolute atomic E-state index is 0.0550. The third kappa shape index (κ3) is 6.28. The van der Waals surface area contributed by atoms with E-state index in [1.165, 1.54) is 11.8 Å². The molecule has 2 aromatic rings. The van der Waals surface area contributed by atoms with E-state index in [0.717, 1.165) is 16.9 Å². The Morgan fingerprint density at radius 1 is 1.09 bits per heavy atom. The van der Waals surface area contributed by atoms with Gasteiger partial charge < -0.3 is 5.32 Å². The highest BCUT2D eigenvalue weighted by molar-refractivity contribution is 8.00. The van der Waals surface area contributed by atoms with E-state index in [2.05, 4.69) is 31.3 Å². The van der Waals surface area contributed by atoms with E-state index in [0.29, 0.717) is 16.7 Å². The van der Waals surface area contributed by atoms with Gasteiger partial charge in [0, 0.05) is 9.92 Å². The summed E-state index contributed by atoms with van der Waals surface area (Å²) in [6.45, 7) is 4.34. The van der Waals surface area contributed by atoms with Gasteiger partial charge in [0.2, 0.25) is 5.91 Å². The van der Waals surface area contributed by atoms with E-state index in [4.69, 9.17) is 11.6 Å². The molecule has 1 atom stereocenters. The van der Waals surface area contributed by atoms with Gasteiger partial charge in [-0.2, -0.15) is 0 Å². The van der Waals surface area contributed by atoms with Crippen LogP contribution >= 0.6 is 23.4 Å². The fourth-order valence-electron chi connectivity index (χ4n) is 2.35. The van der Waals surface area contributed by atoms with Crippen molar-refractivity contribution in [3.05, 3.63) is 65.2 Å². The SMILES string of the molecule is CC(C)C[C@H](NC(=O)CSc1ccc(Cl)cc1)c1ccccc1. The molecule has 1 amide bonds. The highest BCUT2D eigenvalue weighted by Crippen LogP contribution is 2.23. The number of amides is 1. The molecule has 2 nitrogen and oxygen atoms in total. The molecule has 0 spiro atoms. The maximum absolute atomic E-state index is 12.3. The monoisotopic (exact) mass is 347 g/mol. The van der Waals surface area contributed by atoms with Gasteiger partial charge in [0.1, 0.15) is 0 Å². The van der Waals surface area contributed by atoms with Gasteiger partial charge in [0.25, 0.3) is 0 Å². The molecular weight excluding hydrogens is 326 g/mol. The van der Waals surface area contributed by atoms with Gasteiger partial charge in [-0.25, -0.2) is 0 Å². The summed E-state index contributed by atoms with van der Waals surface area (Å²) in [5, 5.41) is 3.87. The first-order valence-corrected chi connectivity index (χ1v) is 9.13. The highest BCUT2D eigenvalue weighted by atomic mass is 35.5. The smallest absolute Gasteiger partial charge is 0.230 e. The number of carbonyl (C=O) groups is 1. The minimum Gasteiger partial charge on any atom is -0.349 e. The number of hydrogen-bond acceptors (Lipinski definition) is 2. The van der Waals surface area contributed by atoms with Gasteiger partial charge in [0.05, 0.1) is 11.8 Å². The lowest BCUT2D eigenvalue weighted by atomic mass is 9.97. The third-order valence-electron chi connectivity index (χ3n) is 3.43. The van der Waals surface area contributed by atoms with Gasteiger partial charge in [-0.1, -0.05) is 55.8 Å². The van der Waals surface area contributed by atoms with Crippen LogP contribution in [0.4, 0.5) is 0 Å². The van der Waals surface area contributed by atoms with Gasteiger partial charge in [-0.15, -0.1) is 11.8 Å². The molecule has 0 aliphatic heterocycles. The molecule has 0 aliphatic rings. The summed E-state index contributed by atoms with van der Waals surface area (Å²) in [5.74, 6) is 0.979. The number of halogens is 1. The molecule has 0 radical (unpaired) electrons. The van der Waals surface area contributed by atoms with Crippen LogP contribution in [0.5, 0.6) is 0 Å². The van der Waals surface area contributed by atoms with Crippen molar-refractivity contribution >= 4 is 29.3 Å². The lowest BCUT2D eigenvalue weighted by molar-refractivity contribution is -0.119. The van der Waals surface area contributed by atoms with Crippen molar-refractivity contribution < 1.29 is 4.79 Å². The number of thioether (sulfide) groups is 1. The van der Waals surface area contributed by atoms with E-state index in [-0.39, 0.29) is 11.9 Å². The molecule has 0 saturated heterocycles. The lowest BCUT2D eigenvalue weighted by Crippen LogP contribution is -2.30. The largest absolute Gasteiger partial charge is 0.349 e. The lowest BCUT2D eigenvalue weighted by Gasteiger charge is -2.21. The predicted molar refractivity (Wildman–Crippen MR) is 99.0 cm³/mol. The fraction of sp³-hybridized carbons (Fsp3) is 0.316. The van der Waals surface area contributed by atoms with Crippen molar-refractivity contribution in [2.45, 2.75) is 31.2 Å². The van der Waals surface area contributed by atoms with Crippen molar-refractivity contribution in [3.8, 4) is 0 Å². The van der Waals surface area contributed by atoms with E-state index in [1.54, 1.807) is 0 Å². The molecule has 0 aromatic heterocycles. The Kier molecular flexibility index (Phi) is 7.00. The van der Waals surface area contributed by atoms with Crippen molar-refractivity contribution in [1.29, 1.82) is 0 Å². The molecule has 122 valence electrons. The summed E-state index contributed by atoms with van der Waals surface area (Å²) in [5.41, 5.74) is 1.16. The highest BCUT2D eigenvalue weighted by Gasteiger charge is 2.16. The maximum atomic E-state index is 12.3. The fourth-order valence-corrected chi connectivity index (χ4v) is 3.19. The van der Waals surface area contributed by atoms with E-state index in [9.17, 15) is 4.79 Å². The van der Waals surface area contributed by atoms with Crippen LogP contribution in [0, 0.1) is 5.92 Å². The first-order chi connectivity index (χ1) is 11.0. The zero-order valence-corrected chi connectivity index (χ0v) is 15.0. The number of benzene rings is 2. The first kappa shape index (κ1) is 17.9. The molecule has 1 N–H and O–H groups in total. The van der Waals surface area contributed by atoms with Gasteiger partial charge in [-0.05, 0) is 42.2 Å². The van der Waals surface area contributed by atoms with Crippen LogP contribution < -0.4 is 5.32 Å². The molecule has 23 heavy (non-hydrogen) atoms. The first-order valence-electron chi connectivity index (χ1n) is 7.77. The number of nitrogens with one attached hydrogen (secondary N) is 1. The zero-order chi connectivity index (χ0) is 16.7. The third-order valence-corrected chi connectivity index (χ3v) is 4.69. The summed E-state index contributed by atoms with van der Waals surface area (Å²) in [7, 11) is 0. The average molecular weight is 348 g/mol. The summed E-state index contributed by atoms with van der Waals surface area (Å²) >= 11 is 7.39. The molecule has 0 fully saturated rings. The van der Waals surface area contributed by atoms with Crippen LogP contribution in [0.1, 0.15) is 31.9 Å². The van der Waals surface area contributed by atoms with E-state index in [1.807, 2.05) is 42.5 Å². The van der Waals surface area contributed by atoms with Crippen LogP contribution in [-0.4, -0.2) is 11.7 Å². The molecule has 4 heteroatoms. The molecule has 0 heterocycles. The number of carbonyl (C=O) groups excluding carboxylic acids is 1. The molecular formula is C19H22ClNOS. The zero-order valence-electron chi connectivity index (χ0n) is 13.5. The molecule has 0 aliphatic carbocycles. The Morgan fingerprint density at radius 3 is 2.35 bits per heavy atom. The van der Waals surface area contributed by atoms with Crippen LogP contribution in [0.3, 0.4) is 0 Å². The van der Waals surface area contributed by atoms with Crippen LogP contribution in [-0.2, 0) is 4.79 Å². The van der Waals surface area contributed by atoms with Crippen LogP contribution in [0.25, 0.3) is 0 Å². The maximum Gasteiger partial charge on any atom is 0.230 e. The van der Waals surface area contributed by atoms with E-state index < -0.39 is 0 Å². The predicted octanol–water partition coefficient (Wildman–Crippen LogP) is 5.34. The Morgan fingerprint density at radius 2 is 1.74 bits per heavy atom. The minimum atomic E-state index is 0.0550.